The second kappa shape index (κ2) is 12.7. The quantitative estimate of drug-likeness (QED) is 0.324. The number of anilines is 1. The van der Waals surface area contributed by atoms with E-state index in [1.165, 1.54) is 12.1 Å². The fourth-order valence-corrected chi connectivity index (χ4v) is 7.43. The molecular formula is C35H46N4O5S. The van der Waals surface area contributed by atoms with E-state index in [0.717, 1.165) is 36.0 Å². The van der Waals surface area contributed by atoms with E-state index in [-0.39, 0.29) is 52.4 Å². The van der Waals surface area contributed by atoms with Crippen molar-refractivity contribution in [3.63, 3.8) is 0 Å². The number of nitrogens with zero attached hydrogens (tertiary/aromatic N) is 3. The van der Waals surface area contributed by atoms with Gasteiger partial charge in [0.05, 0.1) is 28.3 Å². The summed E-state index contributed by atoms with van der Waals surface area (Å²) in [6.45, 7) is 15.3. The number of hydrogen-bond donors (Lipinski definition) is 1. The van der Waals surface area contributed by atoms with Gasteiger partial charge in [0.25, 0.3) is 15.9 Å². The fourth-order valence-electron chi connectivity index (χ4n) is 6.44. The molecule has 2 aliphatic rings. The Bertz CT molecular complexity index is 1640. The van der Waals surface area contributed by atoms with Crippen LogP contribution in [0.3, 0.4) is 0 Å². The lowest BCUT2D eigenvalue weighted by molar-refractivity contribution is -0.111. The fraction of sp³-hybridized carbons (Fsp3) is 0.514. The number of aromatic nitrogens is 2. The Morgan fingerprint density at radius 3 is 2.44 bits per heavy atom. The average molecular weight is 635 g/mol. The normalized spacial score (nSPS) is 21.5. The molecule has 0 radical (unpaired) electrons. The topological polar surface area (TPSA) is 111 Å². The molecule has 1 aromatic heterocycles. The first-order valence-electron chi connectivity index (χ1n) is 15.8. The van der Waals surface area contributed by atoms with E-state index in [9.17, 15) is 13.2 Å². The molecule has 4 bridgehead atoms. The summed E-state index contributed by atoms with van der Waals surface area (Å²) in [5.74, 6) is -0.106. The van der Waals surface area contributed by atoms with Crippen molar-refractivity contribution in [3.8, 4) is 17.1 Å². The molecule has 2 aliphatic heterocycles. The van der Waals surface area contributed by atoms with Crippen molar-refractivity contribution < 1.29 is 22.7 Å². The number of carbonyl (C=O) groups excluding carboxylic acids is 1. The highest BCUT2D eigenvalue weighted by Gasteiger charge is 2.34. The number of benzene rings is 2. The van der Waals surface area contributed by atoms with Gasteiger partial charge in [-0.3, -0.25) is 4.79 Å². The number of aryl methyl sites for hydroxylation is 2. The largest absolute Gasteiger partial charge is 0.475 e. The lowest BCUT2D eigenvalue weighted by Gasteiger charge is -2.39. The van der Waals surface area contributed by atoms with Crippen LogP contribution in [0, 0.1) is 19.3 Å². The lowest BCUT2D eigenvalue weighted by Crippen LogP contribution is -2.47. The molecule has 1 fully saturated rings. The zero-order chi connectivity index (χ0) is 32.6. The zero-order valence-corrected chi connectivity index (χ0v) is 28.3. The summed E-state index contributed by atoms with van der Waals surface area (Å²) in [6, 6.07) is 13.5. The Morgan fingerprint density at radius 2 is 1.76 bits per heavy atom. The predicted molar refractivity (Wildman–Crippen MR) is 176 cm³/mol. The average Bonchev–Trinajstić information content (AvgIpc) is 2.94. The maximum atomic E-state index is 14.3. The smallest absolute Gasteiger partial charge is 0.264 e. The first-order chi connectivity index (χ1) is 21.1. The van der Waals surface area contributed by atoms with Crippen molar-refractivity contribution >= 4 is 21.9 Å². The molecule has 45 heavy (non-hydrogen) atoms. The van der Waals surface area contributed by atoms with Crippen LogP contribution in [-0.2, 0) is 14.8 Å². The van der Waals surface area contributed by atoms with Crippen LogP contribution in [0.1, 0.15) is 88.2 Å². The summed E-state index contributed by atoms with van der Waals surface area (Å²) in [5.41, 5.74) is 3.39. The van der Waals surface area contributed by atoms with Crippen molar-refractivity contribution in [2.75, 3.05) is 17.9 Å². The minimum atomic E-state index is -4.12. The molecule has 10 heteroatoms. The van der Waals surface area contributed by atoms with Gasteiger partial charge in [0, 0.05) is 23.7 Å². The van der Waals surface area contributed by atoms with E-state index >= 15 is 0 Å². The van der Waals surface area contributed by atoms with Crippen molar-refractivity contribution in [1.82, 2.24) is 14.9 Å². The SMILES string of the molecule is Cc1cccc(C)c1-c1cc2nc(n1)NS(=O)(=O)c1cccc(c1)C(=O)N(CCC1CCCC(C)(C)O1)[C@H](CC(C)(C)C)CO2. The molecule has 1 unspecified atom stereocenters. The standard InChI is InChI=1S/C35H46N4O5S/c1-23-11-8-12-24(2)31(23)29-20-30-37-33(36-29)38-45(41,42)28-15-9-13-25(19-28)32(40)39(26(22-43-30)21-34(3,4)5)18-16-27-14-10-17-35(6,7)44-27/h8-9,11-13,15,19-20,26-27H,10,14,16-18,21-22H2,1-7H3,(H,36,37,38)/t26-,27?/m1/s1. The maximum Gasteiger partial charge on any atom is 0.264 e. The van der Waals surface area contributed by atoms with Gasteiger partial charge in [-0.05, 0) is 94.5 Å². The first-order valence-corrected chi connectivity index (χ1v) is 17.3. The van der Waals surface area contributed by atoms with Crippen LogP contribution >= 0.6 is 0 Å². The van der Waals surface area contributed by atoms with Gasteiger partial charge in [-0.1, -0.05) is 45.0 Å². The predicted octanol–water partition coefficient (Wildman–Crippen LogP) is 6.94. The molecule has 1 saturated heterocycles. The Kier molecular flexibility index (Phi) is 9.29. The van der Waals surface area contributed by atoms with Crippen LogP contribution < -0.4 is 9.46 Å². The first kappa shape index (κ1) is 32.9. The van der Waals surface area contributed by atoms with E-state index in [1.807, 2.05) is 36.9 Å². The van der Waals surface area contributed by atoms with Crippen LogP contribution in [0.2, 0.25) is 0 Å². The van der Waals surface area contributed by atoms with Crippen LogP contribution in [0.4, 0.5) is 5.95 Å². The number of fused-ring (bicyclic) bond motifs is 4. The molecule has 3 aromatic rings. The Balaban J connectivity index is 1.60. The van der Waals surface area contributed by atoms with Crippen molar-refractivity contribution in [1.29, 1.82) is 0 Å². The van der Waals surface area contributed by atoms with Crippen molar-refractivity contribution in [2.45, 2.75) is 103 Å². The molecule has 2 aromatic carbocycles. The Morgan fingerprint density at radius 1 is 1.04 bits per heavy atom. The summed E-state index contributed by atoms with van der Waals surface area (Å²) >= 11 is 0. The second-order valence-corrected chi connectivity index (χ2v) is 15.9. The highest BCUT2D eigenvalue weighted by molar-refractivity contribution is 7.92. The second-order valence-electron chi connectivity index (χ2n) is 14.2. The molecular weight excluding hydrogens is 588 g/mol. The van der Waals surface area contributed by atoms with Gasteiger partial charge in [0.1, 0.15) is 6.61 Å². The molecule has 0 saturated carbocycles. The maximum absolute atomic E-state index is 14.3. The third-order valence-electron chi connectivity index (χ3n) is 8.51. The summed E-state index contributed by atoms with van der Waals surface area (Å²) in [5, 5.41) is 0. The molecule has 5 rings (SSSR count). The number of ether oxygens (including phenoxy) is 2. The minimum Gasteiger partial charge on any atom is -0.475 e. The van der Waals surface area contributed by atoms with Gasteiger partial charge in [-0.15, -0.1) is 0 Å². The van der Waals surface area contributed by atoms with Crippen LogP contribution in [-0.4, -0.2) is 60.1 Å². The molecule has 2 atom stereocenters. The minimum absolute atomic E-state index is 0.0302. The van der Waals surface area contributed by atoms with E-state index in [0.29, 0.717) is 30.6 Å². The molecule has 1 N–H and O–H groups in total. The summed E-state index contributed by atoms with van der Waals surface area (Å²) in [4.78, 5) is 25.2. The van der Waals surface area contributed by atoms with Gasteiger partial charge in [-0.2, -0.15) is 4.98 Å². The van der Waals surface area contributed by atoms with E-state index in [4.69, 9.17) is 9.47 Å². The van der Waals surface area contributed by atoms with Gasteiger partial charge < -0.3 is 14.4 Å². The molecule has 9 nitrogen and oxygen atoms in total. The number of nitrogens with one attached hydrogen (secondary N) is 1. The number of sulfonamides is 1. The van der Waals surface area contributed by atoms with Gasteiger partial charge in [-0.25, -0.2) is 18.1 Å². The van der Waals surface area contributed by atoms with Gasteiger partial charge in [0.15, 0.2) is 0 Å². The Hall–Kier alpha value is -3.50. The third-order valence-corrected chi connectivity index (χ3v) is 9.84. The van der Waals surface area contributed by atoms with Crippen LogP contribution in [0.25, 0.3) is 11.3 Å². The highest BCUT2D eigenvalue weighted by Crippen LogP contribution is 2.33. The van der Waals surface area contributed by atoms with E-state index in [1.54, 1.807) is 18.2 Å². The molecule has 1 amide bonds. The van der Waals surface area contributed by atoms with Gasteiger partial charge in [0.2, 0.25) is 11.8 Å². The van der Waals surface area contributed by atoms with Crippen LogP contribution in [0.5, 0.6) is 5.88 Å². The Labute approximate surface area is 267 Å². The number of amides is 1. The zero-order valence-electron chi connectivity index (χ0n) is 27.5. The summed E-state index contributed by atoms with van der Waals surface area (Å²) < 4.78 is 42.5. The van der Waals surface area contributed by atoms with Crippen molar-refractivity contribution in [3.05, 3.63) is 65.2 Å². The number of carbonyl (C=O) groups is 1. The van der Waals surface area contributed by atoms with E-state index < -0.39 is 10.0 Å². The monoisotopic (exact) mass is 634 g/mol. The summed E-state index contributed by atoms with van der Waals surface area (Å²) in [6.07, 6.45) is 4.38. The van der Waals surface area contributed by atoms with Crippen LogP contribution in [0.15, 0.2) is 53.4 Å². The summed E-state index contributed by atoms with van der Waals surface area (Å²) in [7, 11) is -4.12. The van der Waals surface area contributed by atoms with Gasteiger partial charge >= 0.3 is 0 Å². The lowest BCUT2D eigenvalue weighted by atomic mass is 9.87. The van der Waals surface area contributed by atoms with Crippen molar-refractivity contribution in [2.24, 2.45) is 5.41 Å². The van der Waals surface area contributed by atoms with E-state index in [2.05, 4.69) is 49.3 Å². The number of hydrogen-bond acceptors (Lipinski definition) is 7. The molecule has 242 valence electrons. The molecule has 0 spiro atoms. The number of rotatable bonds is 5. The highest BCUT2D eigenvalue weighted by atomic mass is 32.2. The molecule has 0 aliphatic carbocycles. The third kappa shape index (κ3) is 8.02. The molecule has 3 heterocycles.